The van der Waals surface area contributed by atoms with Crippen LogP contribution in [0.1, 0.15) is 62.0 Å². The van der Waals surface area contributed by atoms with Gasteiger partial charge in [0, 0.05) is 12.0 Å². The SMILES string of the molecule is CCCCNC(=O)NC(CC(C)(C)C(=O)c1c(F)cccc1F)c1ccc(-c2ccc(OC(F)(F)F)cc2)cc1. The molecule has 0 aliphatic heterocycles. The lowest BCUT2D eigenvalue weighted by Crippen LogP contribution is -2.41. The van der Waals surface area contributed by atoms with Crippen molar-refractivity contribution in [2.75, 3.05) is 6.54 Å². The van der Waals surface area contributed by atoms with E-state index < -0.39 is 46.8 Å². The zero-order chi connectivity index (χ0) is 29.5. The topological polar surface area (TPSA) is 67.4 Å². The van der Waals surface area contributed by atoms with E-state index in [-0.39, 0.29) is 12.2 Å². The largest absolute Gasteiger partial charge is 0.573 e. The monoisotopic (exact) mass is 562 g/mol. The van der Waals surface area contributed by atoms with Gasteiger partial charge in [0.05, 0.1) is 11.6 Å². The molecule has 0 saturated carbocycles. The average Bonchev–Trinajstić information content (AvgIpc) is 2.88. The zero-order valence-corrected chi connectivity index (χ0v) is 22.4. The van der Waals surface area contributed by atoms with Gasteiger partial charge >= 0.3 is 12.4 Å². The maximum Gasteiger partial charge on any atom is 0.573 e. The Morgan fingerprint density at radius 2 is 1.43 bits per heavy atom. The Labute approximate surface area is 229 Å². The summed E-state index contributed by atoms with van der Waals surface area (Å²) in [4.78, 5) is 25.9. The Balaban J connectivity index is 1.86. The quantitative estimate of drug-likeness (QED) is 0.142. The van der Waals surface area contributed by atoms with E-state index in [1.54, 1.807) is 38.1 Å². The molecule has 0 radical (unpaired) electrons. The zero-order valence-electron chi connectivity index (χ0n) is 22.4. The minimum atomic E-state index is -4.79. The molecule has 0 aromatic heterocycles. The number of nitrogens with one attached hydrogen (secondary N) is 2. The number of ketones is 1. The molecule has 40 heavy (non-hydrogen) atoms. The second kappa shape index (κ2) is 12.9. The molecule has 5 nitrogen and oxygen atoms in total. The average molecular weight is 563 g/mol. The van der Waals surface area contributed by atoms with Crippen molar-refractivity contribution in [3.63, 3.8) is 0 Å². The molecule has 3 rings (SSSR count). The number of hydrogen-bond donors (Lipinski definition) is 2. The predicted octanol–water partition coefficient (Wildman–Crippen LogP) is 7.97. The fourth-order valence-electron chi connectivity index (χ4n) is 4.25. The van der Waals surface area contributed by atoms with Gasteiger partial charge < -0.3 is 15.4 Å². The van der Waals surface area contributed by atoms with Crippen molar-refractivity contribution < 1.29 is 36.3 Å². The normalized spacial score (nSPS) is 12.5. The number of Topliss-reactive ketones (excluding diaryl/α,β-unsaturated/α-hetero) is 1. The van der Waals surface area contributed by atoms with Crippen LogP contribution in [-0.2, 0) is 0 Å². The number of ether oxygens (including phenoxy) is 1. The number of amides is 2. The van der Waals surface area contributed by atoms with Gasteiger partial charge in [0.15, 0.2) is 5.78 Å². The fraction of sp³-hybridized carbons (Fsp3) is 0.333. The summed E-state index contributed by atoms with van der Waals surface area (Å²) in [6, 6.07) is 14.3. The molecule has 3 aromatic carbocycles. The van der Waals surface area contributed by atoms with Gasteiger partial charge in [-0.2, -0.15) is 0 Å². The molecule has 0 saturated heterocycles. The molecule has 1 atom stereocenters. The van der Waals surface area contributed by atoms with Crippen molar-refractivity contribution in [1.82, 2.24) is 10.6 Å². The fourth-order valence-corrected chi connectivity index (χ4v) is 4.25. The van der Waals surface area contributed by atoms with Crippen molar-refractivity contribution in [2.45, 2.75) is 52.4 Å². The number of unbranched alkanes of at least 4 members (excludes halogenated alkanes) is 1. The molecule has 2 amide bonds. The summed E-state index contributed by atoms with van der Waals surface area (Å²) >= 11 is 0. The summed E-state index contributed by atoms with van der Waals surface area (Å²) in [6.45, 7) is 5.55. The van der Waals surface area contributed by atoms with Gasteiger partial charge in [-0.15, -0.1) is 13.2 Å². The van der Waals surface area contributed by atoms with Gasteiger partial charge in [-0.25, -0.2) is 13.6 Å². The lowest BCUT2D eigenvalue weighted by molar-refractivity contribution is -0.274. The third-order valence-electron chi connectivity index (χ3n) is 6.37. The molecule has 0 bridgehead atoms. The summed E-state index contributed by atoms with van der Waals surface area (Å²) in [7, 11) is 0. The molecular weight excluding hydrogens is 531 g/mol. The second-order valence-electron chi connectivity index (χ2n) is 10.0. The Morgan fingerprint density at radius 3 is 1.95 bits per heavy atom. The second-order valence-corrected chi connectivity index (χ2v) is 10.0. The molecule has 214 valence electrons. The minimum absolute atomic E-state index is 0.0314. The smallest absolute Gasteiger partial charge is 0.406 e. The molecular formula is C30H31F5N2O3. The van der Waals surface area contributed by atoms with E-state index in [0.29, 0.717) is 23.2 Å². The van der Waals surface area contributed by atoms with E-state index in [2.05, 4.69) is 15.4 Å². The Kier molecular flexibility index (Phi) is 9.89. The Hall–Kier alpha value is -3.95. The lowest BCUT2D eigenvalue weighted by atomic mass is 9.77. The van der Waals surface area contributed by atoms with Crippen molar-refractivity contribution >= 4 is 11.8 Å². The van der Waals surface area contributed by atoms with Gasteiger partial charge in [0.1, 0.15) is 17.4 Å². The van der Waals surface area contributed by atoms with E-state index in [1.165, 1.54) is 30.3 Å². The Bertz CT molecular complexity index is 1290. The van der Waals surface area contributed by atoms with E-state index in [4.69, 9.17) is 0 Å². The summed E-state index contributed by atoms with van der Waals surface area (Å²) < 4.78 is 70.0. The number of halogens is 5. The predicted molar refractivity (Wildman–Crippen MR) is 142 cm³/mol. The molecule has 1 unspecified atom stereocenters. The molecule has 10 heteroatoms. The van der Waals surface area contributed by atoms with Crippen molar-refractivity contribution in [3.05, 3.63) is 89.5 Å². The van der Waals surface area contributed by atoms with Crippen LogP contribution in [0.2, 0.25) is 0 Å². The Morgan fingerprint density at radius 1 is 0.875 bits per heavy atom. The maximum atomic E-state index is 14.4. The van der Waals surface area contributed by atoms with Crippen LogP contribution in [0.25, 0.3) is 11.1 Å². The molecule has 2 N–H and O–H groups in total. The number of rotatable bonds is 11. The van der Waals surface area contributed by atoms with Gasteiger partial charge in [0.2, 0.25) is 0 Å². The van der Waals surface area contributed by atoms with Crippen LogP contribution < -0.4 is 15.4 Å². The van der Waals surface area contributed by atoms with Crippen LogP contribution in [0.3, 0.4) is 0 Å². The summed E-state index contributed by atoms with van der Waals surface area (Å²) in [5.41, 5.74) is 0.0519. The van der Waals surface area contributed by atoms with E-state index in [1.807, 2.05) is 6.92 Å². The van der Waals surface area contributed by atoms with Crippen LogP contribution >= 0.6 is 0 Å². The van der Waals surface area contributed by atoms with E-state index in [9.17, 15) is 31.5 Å². The number of carbonyl (C=O) groups is 2. The first-order valence-electron chi connectivity index (χ1n) is 12.8. The highest BCUT2D eigenvalue weighted by atomic mass is 19.4. The molecule has 3 aromatic rings. The highest BCUT2D eigenvalue weighted by molar-refractivity contribution is 6.00. The summed E-state index contributed by atoms with van der Waals surface area (Å²) in [5.74, 6) is -3.00. The highest BCUT2D eigenvalue weighted by Gasteiger charge is 2.36. The number of carbonyl (C=O) groups excluding carboxylic acids is 2. The third-order valence-corrected chi connectivity index (χ3v) is 6.37. The van der Waals surface area contributed by atoms with E-state index in [0.717, 1.165) is 25.0 Å². The third kappa shape index (κ3) is 8.27. The molecule has 0 spiro atoms. The lowest BCUT2D eigenvalue weighted by Gasteiger charge is -2.30. The first kappa shape index (κ1) is 30.6. The molecule has 0 heterocycles. The first-order chi connectivity index (χ1) is 18.8. The van der Waals surface area contributed by atoms with Gasteiger partial charge in [-0.1, -0.05) is 69.7 Å². The van der Waals surface area contributed by atoms with Crippen LogP contribution in [-0.4, -0.2) is 24.7 Å². The molecule has 0 fully saturated rings. The van der Waals surface area contributed by atoms with Crippen molar-refractivity contribution in [1.29, 1.82) is 0 Å². The van der Waals surface area contributed by atoms with Crippen LogP contribution in [0.15, 0.2) is 66.7 Å². The number of hydrogen-bond acceptors (Lipinski definition) is 3. The van der Waals surface area contributed by atoms with Crippen LogP contribution in [0, 0.1) is 17.0 Å². The van der Waals surface area contributed by atoms with Gasteiger partial charge in [-0.05, 0) is 53.8 Å². The minimum Gasteiger partial charge on any atom is -0.406 e. The van der Waals surface area contributed by atoms with E-state index >= 15 is 0 Å². The standard InChI is InChI=1S/C30H31F5N2O3/c1-4-5-17-36-28(39)37-25(18-29(2,3)27(38)26-23(31)7-6-8-24(26)32)21-11-9-19(10-12-21)20-13-15-22(16-14-20)40-30(33,34)35/h6-16,25H,4-5,17-18H2,1-3H3,(H2,36,37,39). The molecule has 0 aliphatic rings. The first-order valence-corrected chi connectivity index (χ1v) is 12.8. The van der Waals surface area contributed by atoms with Crippen molar-refractivity contribution in [2.24, 2.45) is 5.41 Å². The highest BCUT2D eigenvalue weighted by Crippen LogP contribution is 2.35. The summed E-state index contributed by atoms with van der Waals surface area (Å²) in [6.07, 6.45) is -3.11. The van der Waals surface area contributed by atoms with Gasteiger partial charge in [-0.3, -0.25) is 4.79 Å². The summed E-state index contributed by atoms with van der Waals surface area (Å²) in [5, 5.41) is 5.62. The number of alkyl halides is 3. The van der Waals surface area contributed by atoms with Crippen LogP contribution in [0.4, 0.5) is 26.7 Å². The number of benzene rings is 3. The maximum absolute atomic E-state index is 14.4. The number of urea groups is 1. The van der Waals surface area contributed by atoms with Gasteiger partial charge in [0.25, 0.3) is 0 Å². The van der Waals surface area contributed by atoms with Crippen molar-refractivity contribution in [3.8, 4) is 16.9 Å². The van der Waals surface area contributed by atoms with Crippen LogP contribution in [0.5, 0.6) is 5.75 Å². The molecule has 0 aliphatic carbocycles.